The standard InChI is InChI=1S/C21H22BrN3O3S2/c1-13-11-14(3-4-15(13)25-9-10-28-12-18(25)29)23-20(27)21(7-2-8-21)24-19(26)16-5-6-17(22)30-16/h3-6,11H,2,7-10,12H2,1H3,(H,23,27)(H,24,26). The van der Waals surface area contributed by atoms with Crippen molar-refractivity contribution in [1.82, 2.24) is 5.32 Å². The fourth-order valence-corrected chi connectivity index (χ4v) is 5.27. The van der Waals surface area contributed by atoms with Gasteiger partial charge in [-0.05, 0) is 78.0 Å². The number of benzene rings is 1. The first-order chi connectivity index (χ1) is 14.4. The van der Waals surface area contributed by atoms with Gasteiger partial charge in [0, 0.05) is 17.9 Å². The van der Waals surface area contributed by atoms with Crippen LogP contribution in [0.25, 0.3) is 0 Å². The maximum atomic E-state index is 13.1. The van der Waals surface area contributed by atoms with E-state index >= 15 is 0 Å². The molecule has 4 rings (SSSR count). The number of halogens is 1. The summed E-state index contributed by atoms with van der Waals surface area (Å²) in [6, 6.07) is 9.38. The monoisotopic (exact) mass is 507 g/mol. The zero-order valence-electron chi connectivity index (χ0n) is 16.5. The molecule has 158 valence electrons. The maximum Gasteiger partial charge on any atom is 0.262 e. The number of nitrogens with one attached hydrogen (secondary N) is 2. The summed E-state index contributed by atoms with van der Waals surface area (Å²) in [4.78, 5) is 29.1. The molecule has 0 spiro atoms. The Bertz CT molecular complexity index is 1000. The average molecular weight is 508 g/mol. The van der Waals surface area contributed by atoms with Crippen molar-refractivity contribution in [1.29, 1.82) is 0 Å². The number of nitrogens with zero attached hydrogens (tertiary/aromatic N) is 1. The van der Waals surface area contributed by atoms with Gasteiger partial charge in [-0.2, -0.15) is 0 Å². The molecule has 2 heterocycles. The van der Waals surface area contributed by atoms with E-state index in [0.717, 1.165) is 33.0 Å². The van der Waals surface area contributed by atoms with Crippen molar-refractivity contribution in [2.24, 2.45) is 0 Å². The van der Waals surface area contributed by atoms with Crippen molar-refractivity contribution < 1.29 is 14.3 Å². The van der Waals surface area contributed by atoms with Crippen molar-refractivity contribution in [3.05, 3.63) is 44.6 Å². The molecule has 9 heteroatoms. The average Bonchev–Trinajstić information content (AvgIpc) is 3.12. The first-order valence-corrected chi connectivity index (χ1v) is 11.8. The van der Waals surface area contributed by atoms with Crippen LogP contribution in [0.2, 0.25) is 0 Å². The highest BCUT2D eigenvalue weighted by atomic mass is 79.9. The molecular weight excluding hydrogens is 486 g/mol. The van der Waals surface area contributed by atoms with Gasteiger partial charge in [0.2, 0.25) is 5.91 Å². The molecule has 0 unspecified atom stereocenters. The van der Waals surface area contributed by atoms with Crippen LogP contribution >= 0.6 is 39.5 Å². The van der Waals surface area contributed by atoms with Crippen molar-refractivity contribution in [3.63, 3.8) is 0 Å². The Hall–Kier alpha value is -1.81. The molecule has 0 atom stereocenters. The van der Waals surface area contributed by atoms with Gasteiger partial charge in [0.15, 0.2) is 0 Å². The number of morpholine rings is 1. The van der Waals surface area contributed by atoms with Crippen LogP contribution in [-0.4, -0.2) is 42.1 Å². The van der Waals surface area contributed by atoms with Crippen LogP contribution in [0.15, 0.2) is 34.1 Å². The summed E-state index contributed by atoms with van der Waals surface area (Å²) < 4.78 is 6.28. The van der Waals surface area contributed by atoms with Gasteiger partial charge >= 0.3 is 0 Å². The fraction of sp³-hybridized carbons (Fsp3) is 0.381. The number of hydrogen-bond acceptors (Lipinski definition) is 5. The van der Waals surface area contributed by atoms with E-state index in [1.165, 1.54) is 11.3 Å². The van der Waals surface area contributed by atoms with E-state index in [1.54, 1.807) is 6.07 Å². The topological polar surface area (TPSA) is 70.7 Å². The lowest BCUT2D eigenvalue weighted by Gasteiger charge is -2.40. The number of carbonyl (C=O) groups is 2. The van der Waals surface area contributed by atoms with E-state index in [0.29, 0.717) is 36.6 Å². The molecule has 0 radical (unpaired) electrons. The second kappa shape index (κ2) is 8.74. The molecule has 2 aliphatic rings. The highest BCUT2D eigenvalue weighted by Gasteiger charge is 2.45. The van der Waals surface area contributed by atoms with Gasteiger partial charge in [-0.15, -0.1) is 11.3 Å². The molecule has 2 aromatic rings. The molecule has 30 heavy (non-hydrogen) atoms. The number of amides is 2. The van der Waals surface area contributed by atoms with Crippen LogP contribution in [0, 0.1) is 6.92 Å². The lowest BCUT2D eigenvalue weighted by molar-refractivity contribution is -0.125. The van der Waals surface area contributed by atoms with E-state index in [2.05, 4.69) is 31.5 Å². The number of aryl methyl sites for hydroxylation is 1. The first-order valence-electron chi connectivity index (χ1n) is 9.76. The second-order valence-electron chi connectivity index (χ2n) is 7.55. The van der Waals surface area contributed by atoms with Crippen molar-refractivity contribution in [2.45, 2.75) is 31.7 Å². The van der Waals surface area contributed by atoms with Gasteiger partial charge in [-0.3, -0.25) is 9.59 Å². The Morgan fingerprint density at radius 2 is 2.07 bits per heavy atom. The van der Waals surface area contributed by atoms with Crippen LogP contribution in [0.1, 0.15) is 34.5 Å². The number of anilines is 2. The van der Waals surface area contributed by atoms with E-state index in [4.69, 9.17) is 17.0 Å². The molecule has 0 bridgehead atoms. The Balaban J connectivity index is 1.46. The number of carbonyl (C=O) groups excluding carboxylic acids is 2. The third kappa shape index (κ3) is 4.30. The van der Waals surface area contributed by atoms with E-state index in [1.807, 2.05) is 31.2 Å². The Kier molecular flexibility index (Phi) is 6.24. The molecule has 2 amide bonds. The summed E-state index contributed by atoms with van der Waals surface area (Å²) in [5.74, 6) is -0.389. The lowest BCUT2D eigenvalue weighted by atomic mass is 9.75. The minimum Gasteiger partial charge on any atom is -0.372 e. The van der Waals surface area contributed by atoms with E-state index in [9.17, 15) is 9.59 Å². The number of ether oxygens (including phenoxy) is 1. The normalized spacial score (nSPS) is 17.9. The van der Waals surface area contributed by atoms with Crippen LogP contribution in [0.5, 0.6) is 0 Å². The summed E-state index contributed by atoms with van der Waals surface area (Å²) in [5.41, 5.74) is 1.90. The number of hydrogen-bond donors (Lipinski definition) is 2. The molecule has 2 N–H and O–H groups in total. The van der Waals surface area contributed by atoms with Gasteiger partial charge in [0.25, 0.3) is 5.91 Å². The number of rotatable bonds is 5. The van der Waals surface area contributed by atoms with Crippen LogP contribution < -0.4 is 15.5 Å². The Morgan fingerprint density at radius 1 is 1.27 bits per heavy atom. The van der Waals surface area contributed by atoms with Gasteiger partial charge in [0.1, 0.15) is 10.5 Å². The third-order valence-electron chi connectivity index (χ3n) is 5.52. The van der Waals surface area contributed by atoms with Crippen LogP contribution in [0.4, 0.5) is 11.4 Å². The minimum atomic E-state index is -0.855. The van der Waals surface area contributed by atoms with Gasteiger partial charge < -0.3 is 20.3 Å². The maximum absolute atomic E-state index is 13.1. The quantitative estimate of drug-likeness (QED) is 0.591. The number of thiophene rings is 1. The predicted molar refractivity (Wildman–Crippen MR) is 127 cm³/mol. The molecule has 1 saturated heterocycles. The van der Waals surface area contributed by atoms with Crippen molar-refractivity contribution in [3.8, 4) is 0 Å². The van der Waals surface area contributed by atoms with E-state index in [-0.39, 0.29) is 11.8 Å². The van der Waals surface area contributed by atoms with Crippen molar-refractivity contribution >= 4 is 67.7 Å². The van der Waals surface area contributed by atoms with Gasteiger partial charge in [0.05, 0.1) is 21.9 Å². The summed E-state index contributed by atoms with van der Waals surface area (Å²) in [6.07, 6.45) is 2.18. The smallest absolute Gasteiger partial charge is 0.262 e. The predicted octanol–water partition coefficient (Wildman–Crippen LogP) is 4.27. The SMILES string of the molecule is Cc1cc(NC(=O)C2(NC(=O)c3ccc(Br)s3)CCC2)ccc1N1CCOCC1=S. The molecule has 6 nitrogen and oxygen atoms in total. The highest BCUT2D eigenvalue weighted by Crippen LogP contribution is 2.35. The number of thiocarbonyl (C=S) groups is 1. The Morgan fingerprint density at radius 3 is 2.67 bits per heavy atom. The molecular formula is C21H22BrN3O3S2. The largest absolute Gasteiger partial charge is 0.372 e. The molecule has 1 saturated carbocycles. The molecule has 1 aromatic carbocycles. The van der Waals surface area contributed by atoms with E-state index < -0.39 is 5.54 Å². The summed E-state index contributed by atoms with van der Waals surface area (Å²) in [5, 5.41) is 5.96. The zero-order valence-corrected chi connectivity index (χ0v) is 19.7. The van der Waals surface area contributed by atoms with Crippen molar-refractivity contribution in [2.75, 3.05) is 30.0 Å². The second-order valence-corrected chi connectivity index (χ2v) is 10.5. The summed E-state index contributed by atoms with van der Waals surface area (Å²) >= 11 is 10.1. The molecule has 1 aliphatic carbocycles. The molecule has 1 aromatic heterocycles. The molecule has 1 aliphatic heterocycles. The Labute approximate surface area is 193 Å². The highest BCUT2D eigenvalue weighted by molar-refractivity contribution is 9.11. The summed E-state index contributed by atoms with van der Waals surface area (Å²) in [6.45, 7) is 3.81. The zero-order chi connectivity index (χ0) is 21.3. The third-order valence-corrected chi connectivity index (χ3v) is 7.48. The van der Waals surface area contributed by atoms with Gasteiger partial charge in [-0.1, -0.05) is 12.2 Å². The van der Waals surface area contributed by atoms with Crippen LogP contribution in [-0.2, 0) is 9.53 Å². The first kappa shape index (κ1) is 21.4. The van der Waals surface area contributed by atoms with Crippen LogP contribution in [0.3, 0.4) is 0 Å². The minimum absolute atomic E-state index is 0.174. The summed E-state index contributed by atoms with van der Waals surface area (Å²) in [7, 11) is 0. The van der Waals surface area contributed by atoms with Gasteiger partial charge in [-0.25, -0.2) is 0 Å². The fourth-order valence-electron chi connectivity index (χ4n) is 3.71. The molecule has 2 fully saturated rings. The lowest BCUT2D eigenvalue weighted by Crippen LogP contribution is -2.61.